The second kappa shape index (κ2) is 3.47. The van der Waals surface area contributed by atoms with Crippen molar-refractivity contribution in [3.05, 3.63) is 29.6 Å². The number of rotatable bonds is 2. The molecule has 0 amide bonds. The van der Waals surface area contributed by atoms with Gasteiger partial charge in [-0.2, -0.15) is 4.39 Å². The summed E-state index contributed by atoms with van der Waals surface area (Å²) in [5.41, 5.74) is 0. The molecule has 0 atom stereocenters. The lowest BCUT2D eigenvalue weighted by atomic mass is 10.3. The second-order valence-corrected chi connectivity index (χ2v) is 2.03. The number of hydrogen-bond donors (Lipinski definition) is 0. The first-order chi connectivity index (χ1) is 5.66. The zero-order chi connectivity index (χ0) is 9.14. The lowest BCUT2D eigenvalue weighted by Crippen LogP contribution is -1.98. The third kappa shape index (κ3) is 1.52. The largest absolute Gasteiger partial charge is 0.490 e. The van der Waals surface area contributed by atoms with E-state index in [2.05, 4.69) is 10.8 Å². The van der Waals surface area contributed by atoms with Crippen LogP contribution in [0.2, 0.25) is 0 Å². The van der Waals surface area contributed by atoms with Crippen LogP contribution in [-0.2, 0) is 0 Å². The van der Waals surface area contributed by atoms with Crippen LogP contribution in [0, 0.1) is 23.5 Å². The van der Waals surface area contributed by atoms with E-state index in [0.717, 1.165) is 0 Å². The fraction of sp³-hybridized carbons (Fsp3) is 0.250. The predicted molar refractivity (Wildman–Crippen MR) is 36.3 cm³/mol. The van der Waals surface area contributed by atoms with Gasteiger partial charge < -0.3 is 4.74 Å². The highest BCUT2D eigenvalue weighted by Gasteiger charge is 2.13. The number of ether oxygens (including phenoxy) is 1. The van der Waals surface area contributed by atoms with Crippen LogP contribution in [0.5, 0.6) is 5.75 Å². The molecule has 1 aromatic rings. The fourth-order valence-corrected chi connectivity index (χ4v) is 0.710. The summed E-state index contributed by atoms with van der Waals surface area (Å²) in [6.07, 6.45) is 0. The second-order valence-electron chi connectivity index (χ2n) is 2.03. The number of benzene rings is 1. The Bertz CT molecular complexity index is 286. The first-order valence-electron chi connectivity index (χ1n) is 3.34. The maximum Gasteiger partial charge on any atom is 0.204 e. The van der Waals surface area contributed by atoms with Crippen LogP contribution in [0.1, 0.15) is 6.92 Å². The van der Waals surface area contributed by atoms with Crippen LogP contribution in [0.4, 0.5) is 13.2 Å². The minimum Gasteiger partial charge on any atom is -0.490 e. The maximum atomic E-state index is 12.7. The first-order valence-corrected chi connectivity index (χ1v) is 3.34. The Labute approximate surface area is 67.8 Å². The SMILES string of the molecule is CCOc1[c]cc(F)c(F)c1F. The standard InChI is InChI=1S/C8H6F3O/c1-2-12-6-4-3-5(9)7(10)8(6)11/h3H,2H2,1H3. The average Bonchev–Trinajstić information content (AvgIpc) is 2.07. The van der Waals surface area contributed by atoms with Crippen molar-refractivity contribution in [1.29, 1.82) is 0 Å². The zero-order valence-electron chi connectivity index (χ0n) is 6.33. The van der Waals surface area contributed by atoms with Gasteiger partial charge >= 0.3 is 0 Å². The molecule has 0 aliphatic rings. The summed E-state index contributed by atoms with van der Waals surface area (Å²) in [5, 5.41) is 0. The Kier molecular flexibility index (Phi) is 2.58. The molecule has 1 radical (unpaired) electrons. The third-order valence-corrected chi connectivity index (χ3v) is 1.22. The summed E-state index contributed by atoms with van der Waals surface area (Å²) >= 11 is 0. The Morgan fingerprint density at radius 1 is 1.33 bits per heavy atom. The minimum atomic E-state index is -1.53. The van der Waals surface area contributed by atoms with Crippen LogP contribution >= 0.6 is 0 Å². The molecule has 0 bridgehead atoms. The molecule has 0 unspecified atom stereocenters. The monoisotopic (exact) mass is 175 g/mol. The summed E-state index contributed by atoms with van der Waals surface area (Å²) in [4.78, 5) is 0. The normalized spacial score (nSPS) is 10.0. The van der Waals surface area contributed by atoms with Gasteiger partial charge in [-0.3, -0.25) is 0 Å². The van der Waals surface area contributed by atoms with Gasteiger partial charge in [-0.25, -0.2) is 8.78 Å². The summed E-state index contributed by atoms with van der Waals surface area (Å²) in [6.45, 7) is 1.78. The summed E-state index contributed by atoms with van der Waals surface area (Å²) < 4.78 is 42.1. The molecule has 0 N–H and O–H groups in total. The van der Waals surface area contributed by atoms with Gasteiger partial charge in [0.05, 0.1) is 6.61 Å². The van der Waals surface area contributed by atoms with Gasteiger partial charge in [0.25, 0.3) is 0 Å². The molecule has 1 rings (SSSR count). The van der Waals surface area contributed by atoms with Crippen LogP contribution < -0.4 is 4.74 Å². The average molecular weight is 175 g/mol. The van der Waals surface area contributed by atoms with Crippen molar-refractivity contribution >= 4 is 0 Å². The van der Waals surface area contributed by atoms with E-state index in [1.54, 1.807) is 6.92 Å². The molecule has 0 saturated carbocycles. The van der Waals surface area contributed by atoms with E-state index in [1.165, 1.54) is 0 Å². The highest BCUT2D eigenvalue weighted by molar-refractivity contribution is 5.24. The minimum absolute atomic E-state index is 0.179. The summed E-state index contributed by atoms with van der Waals surface area (Å²) in [6, 6.07) is 2.83. The highest BCUT2D eigenvalue weighted by Crippen LogP contribution is 2.20. The van der Waals surface area contributed by atoms with Crippen molar-refractivity contribution in [1.82, 2.24) is 0 Å². The van der Waals surface area contributed by atoms with Gasteiger partial charge in [-0.1, -0.05) is 0 Å². The topological polar surface area (TPSA) is 9.23 Å². The number of halogens is 3. The maximum absolute atomic E-state index is 12.7. The van der Waals surface area contributed by atoms with Crippen molar-refractivity contribution in [2.24, 2.45) is 0 Å². The van der Waals surface area contributed by atoms with E-state index in [4.69, 9.17) is 0 Å². The van der Waals surface area contributed by atoms with Crippen molar-refractivity contribution in [3.63, 3.8) is 0 Å². The molecule has 4 heteroatoms. The molecular weight excluding hydrogens is 169 g/mol. The van der Waals surface area contributed by atoms with E-state index in [0.29, 0.717) is 6.07 Å². The van der Waals surface area contributed by atoms with Crippen LogP contribution in [0.15, 0.2) is 6.07 Å². The van der Waals surface area contributed by atoms with Gasteiger partial charge in [0.1, 0.15) is 0 Å². The molecule has 0 fully saturated rings. The Balaban J connectivity index is 3.08. The Morgan fingerprint density at radius 2 is 2.00 bits per heavy atom. The molecular formula is C8H6F3O. The van der Waals surface area contributed by atoms with Crippen molar-refractivity contribution in [3.8, 4) is 5.75 Å². The predicted octanol–water partition coefficient (Wildman–Crippen LogP) is 2.30. The summed E-state index contributed by atoms with van der Waals surface area (Å²) in [7, 11) is 0. The first kappa shape index (κ1) is 8.90. The van der Waals surface area contributed by atoms with E-state index in [-0.39, 0.29) is 6.61 Å². The molecule has 0 aliphatic carbocycles. The van der Waals surface area contributed by atoms with Crippen LogP contribution in [-0.4, -0.2) is 6.61 Å². The molecule has 0 aliphatic heterocycles. The fourth-order valence-electron chi connectivity index (χ4n) is 0.710. The van der Waals surface area contributed by atoms with Crippen molar-refractivity contribution < 1.29 is 17.9 Å². The van der Waals surface area contributed by atoms with E-state index in [9.17, 15) is 13.2 Å². The van der Waals surface area contributed by atoms with Gasteiger partial charge in [0.15, 0.2) is 17.4 Å². The van der Waals surface area contributed by atoms with E-state index in [1.807, 2.05) is 0 Å². The molecule has 0 aromatic heterocycles. The lowest BCUT2D eigenvalue weighted by molar-refractivity contribution is 0.308. The lowest BCUT2D eigenvalue weighted by Gasteiger charge is -2.03. The van der Waals surface area contributed by atoms with Gasteiger partial charge in [0, 0.05) is 6.07 Å². The van der Waals surface area contributed by atoms with E-state index >= 15 is 0 Å². The molecule has 0 saturated heterocycles. The molecule has 65 valence electrons. The van der Waals surface area contributed by atoms with Crippen molar-refractivity contribution in [2.75, 3.05) is 6.61 Å². The van der Waals surface area contributed by atoms with Crippen LogP contribution in [0.25, 0.3) is 0 Å². The smallest absolute Gasteiger partial charge is 0.204 e. The van der Waals surface area contributed by atoms with Gasteiger partial charge in [-0.05, 0) is 13.0 Å². The third-order valence-electron chi connectivity index (χ3n) is 1.22. The Hall–Kier alpha value is -1.19. The molecule has 0 spiro atoms. The molecule has 12 heavy (non-hydrogen) atoms. The number of hydrogen-bond acceptors (Lipinski definition) is 1. The van der Waals surface area contributed by atoms with E-state index < -0.39 is 23.2 Å². The Morgan fingerprint density at radius 3 is 2.58 bits per heavy atom. The van der Waals surface area contributed by atoms with Gasteiger partial charge in [-0.15, -0.1) is 0 Å². The zero-order valence-corrected chi connectivity index (χ0v) is 6.33. The molecule has 1 nitrogen and oxygen atoms in total. The summed E-state index contributed by atoms with van der Waals surface area (Å²) in [5.74, 6) is -4.53. The molecule has 1 aromatic carbocycles. The molecule has 0 heterocycles. The van der Waals surface area contributed by atoms with Crippen molar-refractivity contribution in [2.45, 2.75) is 6.92 Å². The van der Waals surface area contributed by atoms with Crippen LogP contribution in [0.3, 0.4) is 0 Å². The quantitative estimate of drug-likeness (QED) is 0.626. The van der Waals surface area contributed by atoms with Gasteiger partial charge in [0.2, 0.25) is 5.82 Å². The highest BCUT2D eigenvalue weighted by atomic mass is 19.2.